The zero-order valence-corrected chi connectivity index (χ0v) is 11.7. The summed E-state index contributed by atoms with van der Waals surface area (Å²) >= 11 is 0. The SMILES string of the molecule is C/C=C/COc1cc2c(cc1CNC(C)C)OCO2. The van der Waals surface area contributed by atoms with E-state index in [4.69, 9.17) is 14.2 Å². The number of hydrogen-bond donors (Lipinski definition) is 1. The molecule has 0 fully saturated rings. The molecule has 0 aliphatic carbocycles. The predicted molar refractivity (Wildman–Crippen MR) is 74.8 cm³/mol. The van der Waals surface area contributed by atoms with Crippen LogP contribution < -0.4 is 19.5 Å². The first kappa shape index (κ1) is 13.7. The molecule has 0 aromatic heterocycles. The summed E-state index contributed by atoms with van der Waals surface area (Å²) < 4.78 is 16.6. The van der Waals surface area contributed by atoms with Crippen LogP contribution in [0, 0.1) is 0 Å². The Morgan fingerprint density at radius 1 is 1.32 bits per heavy atom. The molecule has 0 radical (unpaired) electrons. The first-order valence-corrected chi connectivity index (χ1v) is 6.60. The quantitative estimate of drug-likeness (QED) is 0.801. The number of benzene rings is 1. The van der Waals surface area contributed by atoms with Gasteiger partial charge < -0.3 is 19.5 Å². The average Bonchev–Trinajstić information content (AvgIpc) is 2.83. The van der Waals surface area contributed by atoms with Gasteiger partial charge in [0.2, 0.25) is 6.79 Å². The number of nitrogens with one attached hydrogen (secondary N) is 1. The third-order valence-electron chi connectivity index (χ3n) is 2.83. The van der Waals surface area contributed by atoms with Crippen molar-refractivity contribution in [1.82, 2.24) is 5.32 Å². The molecule has 0 saturated heterocycles. The van der Waals surface area contributed by atoms with Gasteiger partial charge in [-0.2, -0.15) is 0 Å². The minimum atomic E-state index is 0.282. The Bertz CT molecular complexity index is 455. The largest absolute Gasteiger partial charge is 0.489 e. The summed E-state index contributed by atoms with van der Waals surface area (Å²) in [6, 6.07) is 4.32. The number of hydrogen-bond acceptors (Lipinski definition) is 4. The molecule has 4 heteroatoms. The fraction of sp³-hybridized carbons (Fsp3) is 0.467. The van der Waals surface area contributed by atoms with Crippen molar-refractivity contribution in [3.8, 4) is 17.2 Å². The molecule has 1 aliphatic heterocycles. The molecule has 104 valence electrons. The summed E-state index contributed by atoms with van der Waals surface area (Å²) in [4.78, 5) is 0. The van der Waals surface area contributed by atoms with Crippen LogP contribution in [0.15, 0.2) is 24.3 Å². The highest BCUT2D eigenvalue weighted by atomic mass is 16.7. The minimum Gasteiger partial charge on any atom is -0.489 e. The molecule has 0 spiro atoms. The van der Waals surface area contributed by atoms with E-state index in [0.29, 0.717) is 12.6 Å². The van der Waals surface area contributed by atoms with E-state index >= 15 is 0 Å². The van der Waals surface area contributed by atoms with E-state index in [-0.39, 0.29) is 6.79 Å². The molecule has 0 atom stereocenters. The van der Waals surface area contributed by atoms with Gasteiger partial charge >= 0.3 is 0 Å². The van der Waals surface area contributed by atoms with E-state index in [1.165, 1.54) is 0 Å². The Hall–Kier alpha value is -1.68. The van der Waals surface area contributed by atoms with Crippen molar-refractivity contribution in [2.24, 2.45) is 0 Å². The number of rotatable bonds is 6. The van der Waals surface area contributed by atoms with Crippen LogP contribution in [0.3, 0.4) is 0 Å². The van der Waals surface area contributed by atoms with Crippen LogP contribution in [0.25, 0.3) is 0 Å². The molecule has 1 heterocycles. The Kier molecular flexibility index (Phi) is 4.68. The lowest BCUT2D eigenvalue weighted by Crippen LogP contribution is -2.22. The second-order valence-electron chi connectivity index (χ2n) is 4.73. The van der Waals surface area contributed by atoms with Crippen molar-refractivity contribution in [2.45, 2.75) is 33.4 Å². The number of fused-ring (bicyclic) bond motifs is 1. The smallest absolute Gasteiger partial charge is 0.231 e. The van der Waals surface area contributed by atoms with Gasteiger partial charge in [0.15, 0.2) is 11.5 Å². The molecule has 0 saturated carbocycles. The van der Waals surface area contributed by atoms with E-state index in [1.807, 2.05) is 31.2 Å². The standard InChI is InChI=1S/C15H21NO3/c1-4-5-6-17-13-8-15-14(18-10-19-15)7-12(13)9-16-11(2)3/h4-5,7-8,11,16H,6,9-10H2,1-3H3/b5-4+. The molecular formula is C15H21NO3. The van der Waals surface area contributed by atoms with Crippen LogP contribution in [-0.4, -0.2) is 19.4 Å². The van der Waals surface area contributed by atoms with Crippen molar-refractivity contribution in [1.29, 1.82) is 0 Å². The molecule has 19 heavy (non-hydrogen) atoms. The van der Waals surface area contributed by atoms with Crippen molar-refractivity contribution in [2.75, 3.05) is 13.4 Å². The molecule has 1 aromatic carbocycles. The van der Waals surface area contributed by atoms with Crippen molar-refractivity contribution >= 4 is 0 Å². The lowest BCUT2D eigenvalue weighted by molar-refractivity contribution is 0.174. The van der Waals surface area contributed by atoms with Gasteiger partial charge in [-0.3, -0.25) is 0 Å². The summed E-state index contributed by atoms with van der Waals surface area (Å²) in [5.41, 5.74) is 1.09. The van der Waals surface area contributed by atoms with E-state index in [9.17, 15) is 0 Å². The van der Waals surface area contributed by atoms with E-state index < -0.39 is 0 Å². The first-order chi connectivity index (χ1) is 9.20. The maximum absolute atomic E-state index is 5.77. The van der Waals surface area contributed by atoms with E-state index in [1.54, 1.807) is 0 Å². The first-order valence-electron chi connectivity index (χ1n) is 6.60. The lowest BCUT2D eigenvalue weighted by Gasteiger charge is -2.14. The van der Waals surface area contributed by atoms with Gasteiger partial charge in [-0.25, -0.2) is 0 Å². The van der Waals surface area contributed by atoms with Crippen LogP contribution in [0.5, 0.6) is 17.2 Å². The summed E-state index contributed by atoms with van der Waals surface area (Å²) in [5.74, 6) is 2.39. The fourth-order valence-corrected chi connectivity index (χ4v) is 1.79. The molecule has 0 bridgehead atoms. The molecule has 0 unspecified atom stereocenters. The summed E-state index contributed by atoms with van der Waals surface area (Å²) in [6.45, 7) is 7.81. The van der Waals surface area contributed by atoms with E-state index in [0.717, 1.165) is 29.4 Å². The lowest BCUT2D eigenvalue weighted by atomic mass is 10.1. The molecule has 2 rings (SSSR count). The third-order valence-corrected chi connectivity index (χ3v) is 2.83. The molecule has 4 nitrogen and oxygen atoms in total. The highest BCUT2D eigenvalue weighted by Gasteiger charge is 2.18. The Balaban J connectivity index is 2.16. The molecular weight excluding hydrogens is 242 g/mol. The van der Waals surface area contributed by atoms with Crippen molar-refractivity contribution in [3.63, 3.8) is 0 Å². The van der Waals surface area contributed by atoms with Crippen LogP contribution >= 0.6 is 0 Å². The molecule has 0 amide bonds. The number of ether oxygens (including phenoxy) is 3. The van der Waals surface area contributed by atoms with Gasteiger partial charge in [0.1, 0.15) is 12.4 Å². The fourth-order valence-electron chi connectivity index (χ4n) is 1.79. The second-order valence-corrected chi connectivity index (χ2v) is 4.73. The highest BCUT2D eigenvalue weighted by Crippen LogP contribution is 2.38. The monoisotopic (exact) mass is 263 g/mol. The number of allylic oxidation sites excluding steroid dienone is 1. The van der Waals surface area contributed by atoms with Crippen molar-refractivity contribution in [3.05, 3.63) is 29.8 Å². The van der Waals surface area contributed by atoms with Gasteiger partial charge in [-0.05, 0) is 13.0 Å². The Morgan fingerprint density at radius 2 is 2.05 bits per heavy atom. The minimum absolute atomic E-state index is 0.282. The third kappa shape index (κ3) is 3.64. The molecule has 1 aromatic rings. The van der Waals surface area contributed by atoms with Crippen LogP contribution in [-0.2, 0) is 6.54 Å². The van der Waals surface area contributed by atoms with Gasteiger partial charge in [-0.1, -0.05) is 26.0 Å². The van der Waals surface area contributed by atoms with Crippen LogP contribution in [0.2, 0.25) is 0 Å². The maximum Gasteiger partial charge on any atom is 0.231 e. The summed E-state index contributed by atoms with van der Waals surface area (Å²) in [7, 11) is 0. The van der Waals surface area contributed by atoms with Gasteiger partial charge in [0.25, 0.3) is 0 Å². The van der Waals surface area contributed by atoms with E-state index in [2.05, 4.69) is 19.2 Å². The van der Waals surface area contributed by atoms with Gasteiger partial charge in [-0.15, -0.1) is 0 Å². The van der Waals surface area contributed by atoms with Gasteiger partial charge in [0, 0.05) is 24.2 Å². The Labute approximate surface area is 114 Å². The summed E-state index contributed by atoms with van der Waals surface area (Å²) in [5, 5.41) is 3.39. The second kappa shape index (κ2) is 6.48. The zero-order valence-electron chi connectivity index (χ0n) is 11.7. The maximum atomic E-state index is 5.77. The Morgan fingerprint density at radius 3 is 2.74 bits per heavy atom. The normalized spacial score (nSPS) is 13.5. The topological polar surface area (TPSA) is 39.7 Å². The van der Waals surface area contributed by atoms with Crippen LogP contribution in [0.4, 0.5) is 0 Å². The van der Waals surface area contributed by atoms with Gasteiger partial charge in [0.05, 0.1) is 0 Å². The highest BCUT2D eigenvalue weighted by molar-refractivity contribution is 5.51. The molecule has 1 N–H and O–H groups in total. The van der Waals surface area contributed by atoms with Crippen LogP contribution in [0.1, 0.15) is 26.3 Å². The predicted octanol–water partition coefficient (Wildman–Crippen LogP) is 2.87. The zero-order chi connectivity index (χ0) is 13.7. The summed E-state index contributed by atoms with van der Waals surface area (Å²) in [6.07, 6.45) is 3.95. The van der Waals surface area contributed by atoms with Crippen molar-refractivity contribution < 1.29 is 14.2 Å². The average molecular weight is 263 g/mol. The molecule has 1 aliphatic rings.